The fraction of sp³-hybridized carbons (Fsp3) is 0.0833. The van der Waals surface area contributed by atoms with Crippen LogP contribution in [0.4, 0.5) is 39.5 Å². The van der Waals surface area contributed by atoms with E-state index in [-0.39, 0.29) is 0 Å². The van der Waals surface area contributed by atoms with Gasteiger partial charge in [0, 0.05) is 6.20 Å². The van der Waals surface area contributed by atoms with Crippen molar-refractivity contribution >= 4 is 0 Å². The van der Waals surface area contributed by atoms with Gasteiger partial charge in [-0.3, -0.25) is 4.98 Å². The summed E-state index contributed by atoms with van der Waals surface area (Å²) in [6, 6.07) is 0.294. The van der Waals surface area contributed by atoms with Gasteiger partial charge in [0.1, 0.15) is 5.82 Å². The zero-order valence-electron chi connectivity index (χ0n) is 10.0. The number of benzene rings is 1. The number of hydrogen-bond acceptors (Lipinski definition) is 1. The van der Waals surface area contributed by atoms with Crippen LogP contribution in [0.1, 0.15) is 5.69 Å². The van der Waals surface area contributed by atoms with E-state index in [1.165, 1.54) is 0 Å². The maximum atomic E-state index is 13.6. The van der Waals surface area contributed by atoms with Crippen molar-refractivity contribution in [1.82, 2.24) is 4.98 Å². The molecule has 0 aliphatic heterocycles. The van der Waals surface area contributed by atoms with Gasteiger partial charge in [0.25, 0.3) is 0 Å². The van der Waals surface area contributed by atoms with Gasteiger partial charge < -0.3 is 0 Å². The molecule has 2 rings (SSSR count). The van der Waals surface area contributed by atoms with Gasteiger partial charge in [0.15, 0.2) is 29.0 Å². The molecule has 0 fully saturated rings. The van der Waals surface area contributed by atoms with Gasteiger partial charge in [-0.15, -0.1) is 0 Å². The van der Waals surface area contributed by atoms with Crippen LogP contribution in [0.3, 0.4) is 0 Å². The van der Waals surface area contributed by atoms with Gasteiger partial charge in [-0.1, -0.05) is 0 Å². The van der Waals surface area contributed by atoms with E-state index in [2.05, 4.69) is 4.98 Å². The third kappa shape index (κ3) is 2.38. The largest absolute Gasteiger partial charge is 0.434 e. The summed E-state index contributed by atoms with van der Waals surface area (Å²) < 4.78 is 118. The summed E-state index contributed by atoms with van der Waals surface area (Å²) in [6.45, 7) is 0. The average molecular weight is 331 g/mol. The van der Waals surface area contributed by atoms with Crippen LogP contribution in [0.2, 0.25) is 0 Å². The highest BCUT2D eigenvalue weighted by atomic mass is 19.4. The van der Waals surface area contributed by atoms with E-state index in [1.54, 1.807) is 0 Å². The second-order valence-corrected chi connectivity index (χ2v) is 3.96. The molecule has 1 aromatic carbocycles. The van der Waals surface area contributed by atoms with E-state index < -0.39 is 57.9 Å². The zero-order valence-corrected chi connectivity index (χ0v) is 10.0. The summed E-state index contributed by atoms with van der Waals surface area (Å²) in [5.74, 6) is -14.6. The topological polar surface area (TPSA) is 12.9 Å². The summed E-state index contributed by atoms with van der Waals surface area (Å²) in [5, 5.41) is 0. The lowest BCUT2D eigenvalue weighted by Crippen LogP contribution is -2.14. The second-order valence-electron chi connectivity index (χ2n) is 3.96. The molecule has 1 aromatic heterocycles. The van der Waals surface area contributed by atoms with E-state index in [4.69, 9.17) is 0 Å². The zero-order chi connectivity index (χ0) is 16.8. The van der Waals surface area contributed by atoms with Gasteiger partial charge in [-0.05, 0) is 6.07 Å². The Hall–Kier alpha value is -2.26. The molecule has 10 heteroatoms. The van der Waals surface area contributed by atoms with E-state index in [0.29, 0.717) is 12.3 Å². The minimum atomic E-state index is -5.38. The number of nitrogens with zero attached hydrogens (tertiary/aromatic N) is 1. The SMILES string of the molecule is Fc1ccnc(C(F)(F)F)c1-c1c(F)c(F)c(F)c(F)c1F. The number of hydrogen-bond donors (Lipinski definition) is 0. The Morgan fingerprint density at radius 1 is 0.682 bits per heavy atom. The van der Waals surface area contributed by atoms with Crippen molar-refractivity contribution in [3.05, 3.63) is 52.9 Å². The van der Waals surface area contributed by atoms with Crippen molar-refractivity contribution in [3.8, 4) is 11.1 Å². The molecule has 0 amide bonds. The molecule has 118 valence electrons. The molecule has 1 nitrogen and oxygen atoms in total. The van der Waals surface area contributed by atoms with E-state index in [1.807, 2.05) is 0 Å². The first-order valence-electron chi connectivity index (χ1n) is 5.30. The Morgan fingerprint density at radius 3 is 1.59 bits per heavy atom. The van der Waals surface area contributed by atoms with Crippen LogP contribution in [0.15, 0.2) is 12.3 Å². The predicted molar refractivity (Wildman–Crippen MR) is 54.4 cm³/mol. The molecule has 0 saturated carbocycles. The van der Waals surface area contributed by atoms with E-state index in [9.17, 15) is 39.5 Å². The minimum Gasteiger partial charge on any atom is -0.251 e. The van der Waals surface area contributed by atoms with Gasteiger partial charge in [-0.2, -0.15) is 13.2 Å². The standard InChI is InChI=1S/C12H2F9N/c13-3-1-2-22-11(12(19,20)21)4(3)5-6(14)8(16)10(18)9(17)7(5)15/h1-2H. The Morgan fingerprint density at radius 2 is 1.14 bits per heavy atom. The van der Waals surface area contributed by atoms with Crippen LogP contribution in [0.5, 0.6) is 0 Å². The second kappa shape index (κ2) is 5.18. The lowest BCUT2D eigenvalue weighted by Gasteiger charge is -2.14. The normalized spacial score (nSPS) is 11.9. The molecule has 0 bridgehead atoms. The summed E-state index contributed by atoms with van der Waals surface area (Å²) >= 11 is 0. The monoisotopic (exact) mass is 331 g/mol. The lowest BCUT2D eigenvalue weighted by atomic mass is 10.0. The van der Waals surface area contributed by atoms with Gasteiger partial charge in [0.2, 0.25) is 5.82 Å². The van der Waals surface area contributed by atoms with Crippen LogP contribution < -0.4 is 0 Å². The quantitative estimate of drug-likeness (QED) is 0.423. The molecular formula is C12H2F9N. The summed E-state index contributed by atoms with van der Waals surface area (Å²) in [7, 11) is 0. The highest BCUT2D eigenvalue weighted by Gasteiger charge is 2.40. The molecule has 0 N–H and O–H groups in total. The summed E-state index contributed by atoms with van der Waals surface area (Å²) in [4.78, 5) is 2.71. The molecule has 0 saturated heterocycles. The molecule has 0 aliphatic rings. The van der Waals surface area contributed by atoms with Crippen LogP contribution in [0, 0.1) is 34.9 Å². The molecule has 0 atom stereocenters. The number of alkyl halides is 3. The molecule has 22 heavy (non-hydrogen) atoms. The van der Waals surface area contributed by atoms with E-state index in [0.717, 1.165) is 0 Å². The van der Waals surface area contributed by atoms with Crippen molar-refractivity contribution < 1.29 is 39.5 Å². The maximum absolute atomic E-state index is 13.6. The van der Waals surface area contributed by atoms with Crippen molar-refractivity contribution in [2.75, 3.05) is 0 Å². The molecule has 0 aliphatic carbocycles. The predicted octanol–water partition coefficient (Wildman–Crippen LogP) is 4.60. The first kappa shape index (κ1) is 16.1. The Kier molecular flexibility index (Phi) is 3.80. The Labute approximate surface area is 116 Å². The van der Waals surface area contributed by atoms with Crippen LogP contribution >= 0.6 is 0 Å². The molecule has 0 spiro atoms. The number of halogens is 9. The van der Waals surface area contributed by atoms with Crippen molar-refractivity contribution in [1.29, 1.82) is 0 Å². The fourth-order valence-corrected chi connectivity index (χ4v) is 1.72. The number of rotatable bonds is 1. The summed E-state index contributed by atoms with van der Waals surface area (Å²) in [5.41, 5.74) is -6.01. The fourth-order valence-electron chi connectivity index (χ4n) is 1.72. The molecule has 2 aromatic rings. The first-order valence-corrected chi connectivity index (χ1v) is 5.30. The van der Waals surface area contributed by atoms with Crippen molar-refractivity contribution in [3.63, 3.8) is 0 Å². The van der Waals surface area contributed by atoms with Crippen molar-refractivity contribution in [2.24, 2.45) is 0 Å². The van der Waals surface area contributed by atoms with E-state index >= 15 is 0 Å². The third-order valence-corrected chi connectivity index (χ3v) is 2.63. The van der Waals surface area contributed by atoms with Gasteiger partial charge >= 0.3 is 6.18 Å². The Bertz CT molecular complexity index is 722. The van der Waals surface area contributed by atoms with Crippen LogP contribution in [-0.2, 0) is 6.18 Å². The molecule has 0 unspecified atom stereocenters. The highest BCUT2D eigenvalue weighted by Crippen LogP contribution is 2.40. The average Bonchev–Trinajstić information content (AvgIpc) is 2.43. The maximum Gasteiger partial charge on any atom is 0.434 e. The smallest absolute Gasteiger partial charge is 0.251 e. The lowest BCUT2D eigenvalue weighted by molar-refractivity contribution is -0.140. The number of pyridine rings is 1. The molecule has 0 radical (unpaired) electrons. The van der Waals surface area contributed by atoms with Crippen LogP contribution in [-0.4, -0.2) is 4.98 Å². The van der Waals surface area contributed by atoms with Gasteiger partial charge in [0.05, 0.1) is 11.1 Å². The van der Waals surface area contributed by atoms with Crippen molar-refractivity contribution in [2.45, 2.75) is 6.18 Å². The van der Waals surface area contributed by atoms with Crippen LogP contribution in [0.25, 0.3) is 11.1 Å². The molecular weight excluding hydrogens is 329 g/mol. The van der Waals surface area contributed by atoms with Gasteiger partial charge in [-0.25, -0.2) is 26.3 Å². The highest BCUT2D eigenvalue weighted by molar-refractivity contribution is 5.69. The molecule has 1 heterocycles. The first-order chi connectivity index (χ1) is 10.1. The minimum absolute atomic E-state index is 0.294. The number of aromatic nitrogens is 1. The third-order valence-electron chi connectivity index (χ3n) is 2.63. The Balaban J connectivity index is 2.96. The summed E-state index contributed by atoms with van der Waals surface area (Å²) in [6.07, 6.45) is -5.04.